The number of nitrogens with zero attached hydrogens (tertiary/aromatic N) is 2. The average Bonchev–Trinajstić information content (AvgIpc) is 3.14. The van der Waals surface area contributed by atoms with Gasteiger partial charge in [0.2, 0.25) is 0 Å². The normalized spacial score (nSPS) is 13.0. The molecule has 0 spiro atoms. The highest BCUT2D eigenvalue weighted by Crippen LogP contribution is 2.38. The van der Waals surface area contributed by atoms with Crippen molar-refractivity contribution >= 4 is 41.5 Å². The van der Waals surface area contributed by atoms with E-state index in [1.165, 1.54) is 0 Å². The molecule has 0 amide bonds. The molecule has 0 saturated carbocycles. The SMILES string of the molecule is CCNC(=NCc1c(CC)noc1CC)NCCc1cc(Cl)c2c(c1)OCCO2.I. The Morgan fingerprint density at radius 3 is 2.67 bits per heavy atom. The van der Waals surface area contributed by atoms with Gasteiger partial charge in [-0.05, 0) is 37.5 Å². The van der Waals surface area contributed by atoms with Crippen molar-refractivity contribution in [3.05, 3.63) is 39.7 Å². The number of guanidine groups is 1. The monoisotopic (exact) mass is 548 g/mol. The predicted molar refractivity (Wildman–Crippen MR) is 130 cm³/mol. The lowest BCUT2D eigenvalue weighted by Crippen LogP contribution is -2.38. The number of nitrogens with one attached hydrogen (secondary N) is 2. The Morgan fingerprint density at radius 1 is 1.13 bits per heavy atom. The van der Waals surface area contributed by atoms with Crippen LogP contribution < -0.4 is 20.1 Å². The molecule has 2 aromatic rings. The standard InChI is InChI=1S/C21H29ClN4O3.HI/c1-4-17-15(18(5-2)29-26-17)13-25-21(23-6-3)24-8-7-14-11-16(22)20-19(12-14)27-9-10-28-20;/h11-12H,4-10,13H2,1-3H3,(H2,23,24,25);1H. The molecule has 1 aliphatic rings. The summed E-state index contributed by atoms with van der Waals surface area (Å²) in [5.41, 5.74) is 3.15. The summed E-state index contributed by atoms with van der Waals surface area (Å²) in [5, 5.41) is 11.4. The van der Waals surface area contributed by atoms with Crippen LogP contribution in [0.4, 0.5) is 0 Å². The third-order valence-corrected chi connectivity index (χ3v) is 4.99. The van der Waals surface area contributed by atoms with Crippen molar-refractivity contribution < 1.29 is 14.0 Å². The first-order valence-electron chi connectivity index (χ1n) is 10.2. The number of fused-ring (bicyclic) bond motifs is 1. The number of halogens is 2. The molecule has 1 aromatic heterocycles. The van der Waals surface area contributed by atoms with Crippen LogP contribution in [0.5, 0.6) is 11.5 Å². The fourth-order valence-corrected chi connectivity index (χ4v) is 3.54. The van der Waals surface area contributed by atoms with Gasteiger partial charge in [0.15, 0.2) is 17.5 Å². The van der Waals surface area contributed by atoms with Crippen LogP contribution in [0.15, 0.2) is 21.6 Å². The minimum Gasteiger partial charge on any atom is -0.486 e. The van der Waals surface area contributed by atoms with Crippen LogP contribution >= 0.6 is 35.6 Å². The molecule has 2 heterocycles. The number of aromatic nitrogens is 1. The summed E-state index contributed by atoms with van der Waals surface area (Å²) in [6.45, 7) is 9.31. The summed E-state index contributed by atoms with van der Waals surface area (Å²) in [4.78, 5) is 4.72. The predicted octanol–water partition coefficient (Wildman–Crippen LogP) is 4.14. The smallest absolute Gasteiger partial charge is 0.191 e. The number of aliphatic imine (C=N–C) groups is 1. The zero-order valence-electron chi connectivity index (χ0n) is 17.7. The first-order valence-corrected chi connectivity index (χ1v) is 10.6. The molecule has 1 aliphatic heterocycles. The summed E-state index contributed by atoms with van der Waals surface area (Å²) in [6.07, 6.45) is 2.43. The Kier molecular flexibility index (Phi) is 10.0. The maximum absolute atomic E-state index is 6.33. The fourth-order valence-electron chi connectivity index (χ4n) is 3.25. The summed E-state index contributed by atoms with van der Waals surface area (Å²) in [6, 6.07) is 3.92. The first kappa shape index (κ1) is 24.6. The zero-order valence-corrected chi connectivity index (χ0v) is 20.8. The second-order valence-corrected chi connectivity index (χ2v) is 7.12. The summed E-state index contributed by atoms with van der Waals surface area (Å²) >= 11 is 6.33. The highest BCUT2D eigenvalue weighted by molar-refractivity contribution is 14.0. The molecule has 3 rings (SSSR count). The molecule has 30 heavy (non-hydrogen) atoms. The maximum atomic E-state index is 6.33. The summed E-state index contributed by atoms with van der Waals surface area (Å²) < 4.78 is 16.7. The van der Waals surface area contributed by atoms with Gasteiger partial charge in [-0.3, -0.25) is 0 Å². The minimum absolute atomic E-state index is 0. The Hall–Kier alpha value is -1.68. The molecule has 0 bridgehead atoms. The molecule has 0 aliphatic carbocycles. The third-order valence-electron chi connectivity index (χ3n) is 4.71. The van der Waals surface area contributed by atoms with Gasteiger partial charge in [0.1, 0.15) is 19.0 Å². The van der Waals surface area contributed by atoms with Crippen LogP contribution in [-0.4, -0.2) is 37.4 Å². The largest absolute Gasteiger partial charge is 0.486 e. The van der Waals surface area contributed by atoms with Gasteiger partial charge in [0.05, 0.1) is 17.3 Å². The van der Waals surface area contributed by atoms with E-state index in [9.17, 15) is 0 Å². The second-order valence-electron chi connectivity index (χ2n) is 6.71. The number of aryl methyl sites for hydroxylation is 2. The number of hydrogen-bond acceptors (Lipinski definition) is 5. The van der Waals surface area contributed by atoms with Crippen molar-refractivity contribution in [2.45, 2.75) is 46.6 Å². The molecule has 0 saturated heterocycles. The second kappa shape index (κ2) is 12.2. The van der Waals surface area contributed by atoms with Gasteiger partial charge in [-0.1, -0.05) is 30.6 Å². The van der Waals surface area contributed by atoms with Gasteiger partial charge in [0, 0.05) is 25.1 Å². The molecular formula is C21H30ClIN4O3. The Balaban J connectivity index is 0.00000320. The van der Waals surface area contributed by atoms with Gasteiger partial charge < -0.3 is 24.6 Å². The van der Waals surface area contributed by atoms with Crippen molar-refractivity contribution in [1.29, 1.82) is 0 Å². The Morgan fingerprint density at radius 2 is 1.93 bits per heavy atom. The maximum Gasteiger partial charge on any atom is 0.191 e. The van der Waals surface area contributed by atoms with Gasteiger partial charge in [-0.2, -0.15) is 0 Å². The molecule has 0 unspecified atom stereocenters. The summed E-state index contributed by atoms with van der Waals surface area (Å²) in [5.74, 6) is 3.02. The lowest BCUT2D eigenvalue weighted by Gasteiger charge is -2.20. The Labute approximate surface area is 199 Å². The van der Waals surface area contributed by atoms with E-state index >= 15 is 0 Å². The van der Waals surface area contributed by atoms with E-state index in [0.29, 0.717) is 42.8 Å². The third kappa shape index (κ3) is 6.16. The van der Waals surface area contributed by atoms with Crippen molar-refractivity contribution in [3.8, 4) is 11.5 Å². The highest BCUT2D eigenvalue weighted by atomic mass is 127. The van der Waals surface area contributed by atoms with Gasteiger partial charge in [0.25, 0.3) is 0 Å². The molecule has 1 aromatic carbocycles. The number of hydrogen-bond donors (Lipinski definition) is 2. The van der Waals surface area contributed by atoms with Crippen LogP contribution in [0.1, 0.15) is 43.4 Å². The van der Waals surface area contributed by atoms with E-state index in [-0.39, 0.29) is 24.0 Å². The number of ether oxygens (including phenoxy) is 2. The molecule has 9 heteroatoms. The number of rotatable bonds is 8. The van der Waals surface area contributed by atoms with Gasteiger partial charge in [-0.15, -0.1) is 24.0 Å². The van der Waals surface area contributed by atoms with Crippen LogP contribution in [0.3, 0.4) is 0 Å². The van der Waals surface area contributed by atoms with E-state index in [4.69, 9.17) is 30.6 Å². The van der Waals surface area contributed by atoms with Crippen LogP contribution in [-0.2, 0) is 25.8 Å². The van der Waals surface area contributed by atoms with Gasteiger partial charge >= 0.3 is 0 Å². The van der Waals surface area contributed by atoms with Crippen molar-refractivity contribution in [2.24, 2.45) is 4.99 Å². The van der Waals surface area contributed by atoms with E-state index < -0.39 is 0 Å². The lowest BCUT2D eigenvalue weighted by atomic mass is 10.1. The van der Waals surface area contributed by atoms with E-state index in [0.717, 1.165) is 54.3 Å². The van der Waals surface area contributed by atoms with Crippen molar-refractivity contribution in [3.63, 3.8) is 0 Å². The Bertz CT molecular complexity index is 836. The average molecular weight is 549 g/mol. The molecule has 166 valence electrons. The van der Waals surface area contributed by atoms with Crippen LogP contribution in [0.25, 0.3) is 0 Å². The zero-order chi connectivity index (χ0) is 20.6. The van der Waals surface area contributed by atoms with E-state index in [1.54, 1.807) is 0 Å². The fraction of sp³-hybridized carbons (Fsp3) is 0.524. The quantitative estimate of drug-likeness (QED) is 0.293. The topological polar surface area (TPSA) is 80.9 Å². The van der Waals surface area contributed by atoms with Crippen molar-refractivity contribution in [1.82, 2.24) is 15.8 Å². The van der Waals surface area contributed by atoms with E-state index in [2.05, 4.69) is 29.6 Å². The van der Waals surface area contributed by atoms with Crippen molar-refractivity contribution in [2.75, 3.05) is 26.3 Å². The molecule has 0 atom stereocenters. The molecule has 7 nitrogen and oxygen atoms in total. The molecular weight excluding hydrogens is 519 g/mol. The van der Waals surface area contributed by atoms with Crippen LogP contribution in [0, 0.1) is 0 Å². The molecule has 0 fully saturated rings. The highest BCUT2D eigenvalue weighted by Gasteiger charge is 2.17. The summed E-state index contributed by atoms with van der Waals surface area (Å²) in [7, 11) is 0. The van der Waals surface area contributed by atoms with Crippen LogP contribution in [0.2, 0.25) is 5.02 Å². The number of benzene rings is 1. The van der Waals surface area contributed by atoms with Gasteiger partial charge in [-0.25, -0.2) is 4.99 Å². The lowest BCUT2D eigenvalue weighted by molar-refractivity contribution is 0.171. The molecule has 2 N–H and O–H groups in total. The minimum atomic E-state index is 0. The molecule has 0 radical (unpaired) electrons. The van der Waals surface area contributed by atoms with E-state index in [1.807, 2.05) is 19.1 Å². The first-order chi connectivity index (χ1) is 14.2.